The summed E-state index contributed by atoms with van der Waals surface area (Å²) in [5.74, 6) is 2.28. The zero-order chi connectivity index (χ0) is 10.4. The maximum Gasteiger partial charge on any atom is 0.0915 e. The Labute approximate surface area is 95.1 Å². The van der Waals surface area contributed by atoms with Gasteiger partial charge in [-0.05, 0) is 49.7 Å². The van der Waals surface area contributed by atoms with Gasteiger partial charge in [-0.3, -0.25) is 0 Å². The average molecular weight is 222 g/mol. The number of hydrogen-bond acceptors (Lipinski definition) is 2. The highest BCUT2D eigenvalue weighted by Gasteiger charge is 2.54. The molecule has 3 atom stereocenters. The van der Waals surface area contributed by atoms with Gasteiger partial charge in [0.1, 0.15) is 0 Å². The first kappa shape index (κ1) is 9.86. The Kier molecular flexibility index (Phi) is 2.37. The lowest BCUT2D eigenvalue weighted by Gasteiger charge is -2.07. The molecule has 2 aliphatic rings. The van der Waals surface area contributed by atoms with Crippen LogP contribution in [0, 0.1) is 24.7 Å². The highest BCUT2D eigenvalue weighted by atomic mass is 32.1. The Hall–Kier alpha value is -0.340. The van der Waals surface area contributed by atoms with E-state index < -0.39 is 0 Å². The van der Waals surface area contributed by atoms with Crippen LogP contribution in [0.3, 0.4) is 0 Å². The van der Waals surface area contributed by atoms with Crippen LogP contribution in [-0.4, -0.2) is 5.11 Å². The first-order chi connectivity index (χ1) is 7.27. The van der Waals surface area contributed by atoms with Gasteiger partial charge < -0.3 is 5.11 Å². The number of thiophene rings is 1. The predicted molar refractivity (Wildman–Crippen MR) is 63.0 cm³/mol. The number of hydrogen-bond donors (Lipinski definition) is 1. The molecule has 0 bridgehead atoms. The number of aliphatic hydroxyl groups is 1. The van der Waals surface area contributed by atoms with Crippen LogP contribution < -0.4 is 0 Å². The Bertz CT molecular complexity index is 345. The zero-order valence-electron chi connectivity index (χ0n) is 9.15. The van der Waals surface area contributed by atoms with Gasteiger partial charge in [-0.25, -0.2) is 0 Å². The Morgan fingerprint density at radius 3 is 2.47 bits per heavy atom. The fourth-order valence-electron chi connectivity index (χ4n) is 3.32. The Morgan fingerprint density at radius 1 is 1.27 bits per heavy atom. The summed E-state index contributed by atoms with van der Waals surface area (Å²) in [5, 5.41) is 10.3. The maximum absolute atomic E-state index is 10.3. The number of fused-ring (bicyclic) bond motifs is 1. The van der Waals surface area contributed by atoms with Crippen molar-refractivity contribution in [1.29, 1.82) is 0 Å². The fraction of sp³-hybridized carbons (Fsp3) is 0.692. The van der Waals surface area contributed by atoms with Crippen molar-refractivity contribution in [2.24, 2.45) is 17.8 Å². The molecule has 2 heteroatoms. The molecular weight excluding hydrogens is 204 g/mol. The van der Waals surface area contributed by atoms with Gasteiger partial charge in [-0.15, -0.1) is 11.3 Å². The lowest BCUT2D eigenvalue weighted by atomic mass is 10.0. The van der Waals surface area contributed by atoms with Gasteiger partial charge >= 0.3 is 0 Å². The van der Waals surface area contributed by atoms with E-state index in [-0.39, 0.29) is 6.10 Å². The summed E-state index contributed by atoms with van der Waals surface area (Å²) in [4.78, 5) is 2.50. The molecule has 3 rings (SSSR count). The molecule has 0 aromatic carbocycles. The molecule has 2 aliphatic carbocycles. The Balaban J connectivity index is 1.73. The predicted octanol–water partition coefficient (Wildman–Crippen LogP) is 3.53. The van der Waals surface area contributed by atoms with Crippen molar-refractivity contribution in [3.05, 3.63) is 21.9 Å². The third-order valence-corrected chi connectivity index (χ3v) is 5.21. The molecule has 82 valence electrons. The largest absolute Gasteiger partial charge is 0.387 e. The van der Waals surface area contributed by atoms with Crippen molar-refractivity contribution >= 4 is 11.3 Å². The van der Waals surface area contributed by atoms with Crippen LogP contribution in [0.5, 0.6) is 0 Å². The van der Waals surface area contributed by atoms with Crippen LogP contribution in [0.1, 0.15) is 41.5 Å². The van der Waals surface area contributed by atoms with Crippen molar-refractivity contribution < 1.29 is 5.11 Å². The summed E-state index contributed by atoms with van der Waals surface area (Å²) in [7, 11) is 0. The summed E-state index contributed by atoms with van der Waals surface area (Å²) < 4.78 is 0. The summed E-state index contributed by atoms with van der Waals surface area (Å²) >= 11 is 1.76. The van der Waals surface area contributed by atoms with E-state index in [0.29, 0.717) is 5.92 Å². The minimum atomic E-state index is -0.170. The molecule has 0 amide bonds. The van der Waals surface area contributed by atoms with E-state index in [4.69, 9.17) is 0 Å². The SMILES string of the molecule is Cc1ccc(C(O)C2C3CCCCC32)s1. The van der Waals surface area contributed by atoms with Gasteiger partial charge in [0, 0.05) is 9.75 Å². The molecule has 1 heterocycles. The van der Waals surface area contributed by atoms with Gasteiger partial charge in [-0.2, -0.15) is 0 Å². The topological polar surface area (TPSA) is 20.2 Å². The van der Waals surface area contributed by atoms with Crippen molar-refractivity contribution in [2.45, 2.75) is 38.7 Å². The van der Waals surface area contributed by atoms with Crippen LogP contribution in [0.25, 0.3) is 0 Å². The second-order valence-corrected chi connectivity index (χ2v) is 6.40. The summed E-state index contributed by atoms with van der Waals surface area (Å²) in [6.07, 6.45) is 5.31. The lowest BCUT2D eigenvalue weighted by Crippen LogP contribution is -1.99. The fourth-order valence-corrected chi connectivity index (χ4v) is 4.24. The molecule has 0 aliphatic heterocycles. The molecule has 1 aromatic heterocycles. The van der Waals surface area contributed by atoms with E-state index in [2.05, 4.69) is 19.1 Å². The maximum atomic E-state index is 10.3. The number of aryl methyl sites for hydroxylation is 1. The number of aliphatic hydroxyl groups excluding tert-OH is 1. The van der Waals surface area contributed by atoms with Crippen LogP contribution in [-0.2, 0) is 0 Å². The van der Waals surface area contributed by atoms with E-state index in [1.807, 2.05) is 0 Å². The molecule has 0 saturated heterocycles. The number of rotatable bonds is 2. The molecule has 3 unspecified atom stereocenters. The van der Waals surface area contributed by atoms with Crippen molar-refractivity contribution in [3.63, 3.8) is 0 Å². The quantitative estimate of drug-likeness (QED) is 0.811. The van der Waals surface area contributed by atoms with Crippen LogP contribution in [0.4, 0.5) is 0 Å². The first-order valence-electron chi connectivity index (χ1n) is 6.02. The van der Waals surface area contributed by atoms with E-state index in [0.717, 1.165) is 11.8 Å². The molecule has 0 radical (unpaired) electrons. The molecule has 1 aromatic rings. The van der Waals surface area contributed by atoms with E-state index in [9.17, 15) is 5.11 Å². The van der Waals surface area contributed by atoms with Crippen molar-refractivity contribution in [3.8, 4) is 0 Å². The summed E-state index contributed by atoms with van der Waals surface area (Å²) in [6.45, 7) is 2.11. The minimum Gasteiger partial charge on any atom is -0.387 e. The van der Waals surface area contributed by atoms with Gasteiger partial charge in [0.15, 0.2) is 0 Å². The van der Waals surface area contributed by atoms with Gasteiger partial charge in [0.2, 0.25) is 0 Å². The summed E-state index contributed by atoms with van der Waals surface area (Å²) in [6, 6.07) is 4.23. The molecule has 15 heavy (non-hydrogen) atoms. The van der Waals surface area contributed by atoms with Gasteiger partial charge in [-0.1, -0.05) is 12.8 Å². The van der Waals surface area contributed by atoms with E-state index in [1.54, 1.807) is 11.3 Å². The third-order valence-electron chi connectivity index (χ3n) is 4.14. The van der Waals surface area contributed by atoms with Crippen molar-refractivity contribution in [1.82, 2.24) is 0 Å². The van der Waals surface area contributed by atoms with Crippen molar-refractivity contribution in [2.75, 3.05) is 0 Å². The second-order valence-electron chi connectivity index (χ2n) is 5.08. The van der Waals surface area contributed by atoms with E-state index in [1.165, 1.54) is 35.4 Å². The van der Waals surface area contributed by atoms with Crippen LogP contribution in [0.2, 0.25) is 0 Å². The first-order valence-corrected chi connectivity index (χ1v) is 6.83. The monoisotopic (exact) mass is 222 g/mol. The highest BCUT2D eigenvalue weighted by molar-refractivity contribution is 7.12. The van der Waals surface area contributed by atoms with E-state index >= 15 is 0 Å². The molecular formula is C13H18OS. The van der Waals surface area contributed by atoms with Gasteiger partial charge in [0.25, 0.3) is 0 Å². The zero-order valence-corrected chi connectivity index (χ0v) is 9.96. The van der Waals surface area contributed by atoms with Gasteiger partial charge in [0.05, 0.1) is 6.10 Å². The molecule has 2 saturated carbocycles. The third kappa shape index (κ3) is 1.64. The average Bonchev–Trinajstić information content (AvgIpc) is 2.82. The minimum absolute atomic E-state index is 0.170. The lowest BCUT2D eigenvalue weighted by molar-refractivity contribution is 0.146. The second kappa shape index (κ2) is 3.60. The molecule has 1 nitrogen and oxygen atoms in total. The van der Waals surface area contributed by atoms with Crippen LogP contribution in [0.15, 0.2) is 12.1 Å². The molecule has 2 fully saturated rings. The van der Waals surface area contributed by atoms with Crippen LogP contribution >= 0.6 is 11.3 Å². The summed E-state index contributed by atoms with van der Waals surface area (Å²) in [5.41, 5.74) is 0. The highest BCUT2D eigenvalue weighted by Crippen LogP contribution is 2.60. The molecule has 0 spiro atoms. The molecule has 1 N–H and O–H groups in total. The normalized spacial score (nSPS) is 36.0. The smallest absolute Gasteiger partial charge is 0.0915 e. The Morgan fingerprint density at radius 2 is 1.93 bits per heavy atom. The standard InChI is InChI=1S/C13H18OS/c1-8-6-7-11(15-8)13(14)12-9-4-2-3-5-10(9)12/h6-7,9-10,12-14H,2-5H2,1H3.